The first-order chi connectivity index (χ1) is 9.22. The Labute approximate surface area is 114 Å². The zero-order chi connectivity index (χ0) is 13.2. The van der Waals surface area contributed by atoms with Crippen LogP contribution in [0.15, 0.2) is 30.5 Å². The molecule has 1 aromatic heterocycles. The summed E-state index contributed by atoms with van der Waals surface area (Å²) in [5.41, 5.74) is 4.91. The number of hydrogen-bond acceptors (Lipinski definition) is 2. The van der Waals surface area contributed by atoms with Crippen LogP contribution in [0.3, 0.4) is 0 Å². The van der Waals surface area contributed by atoms with Gasteiger partial charge in [0.2, 0.25) is 0 Å². The van der Waals surface area contributed by atoms with E-state index in [1.54, 1.807) is 0 Å². The molecule has 2 aromatic rings. The predicted octanol–water partition coefficient (Wildman–Crippen LogP) is 2.92. The molecular formula is C16H21N3. The Bertz CT molecular complexity index is 548. The fraction of sp³-hybridized carbons (Fsp3) is 0.438. The summed E-state index contributed by atoms with van der Waals surface area (Å²) in [5, 5.41) is 8.17. The maximum atomic E-state index is 4.65. The molecule has 19 heavy (non-hydrogen) atoms. The SMILES string of the molecule is Cc1ccc(-c2cn(CC3CCCN3)nc2C)cc1. The predicted molar refractivity (Wildman–Crippen MR) is 78.2 cm³/mol. The van der Waals surface area contributed by atoms with Crippen LogP contribution in [-0.2, 0) is 6.54 Å². The summed E-state index contributed by atoms with van der Waals surface area (Å²) in [6.07, 6.45) is 4.73. The van der Waals surface area contributed by atoms with Gasteiger partial charge in [-0.2, -0.15) is 5.10 Å². The summed E-state index contributed by atoms with van der Waals surface area (Å²) in [7, 11) is 0. The van der Waals surface area contributed by atoms with Crippen molar-refractivity contribution < 1.29 is 0 Å². The van der Waals surface area contributed by atoms with Crippen molar-refractivity contribution in [3.8, 4) is 11.1 Å². The summed E-state index contributed by atoms with van der Waals surface area (Å²) in [5.74, 6) is 0. The molecule has 0 spiro atoms. The van der Waals surface area contributed by atoms with E-state index in [2.05, 4.69) is 59.4 Å². The van der Waals surface area contributed by atoms with Crippen LogP contribution in [-0.4, -0.2) is 22.4 Å². The van der Waals surface area contributed by atoms with Gasteiger partial charge in [0, 0.05) is 17.8 Å². The van der Waals surface area contributed by atoms with Gasteiger partial charge in [-0.05, 0) is 38.8 Å². The average molecular weight is 255 g/mol. The molecule has 1 saturated heterocycles. The molecule has 3 rings (SSSR count). The molecule has 1 atom stereocenters. The lowest BCUT2D eigenvalue weighted by Crippen LogP contribution is -2.26. The third-order valence-electron chi connectivity index (χ3n) is 3.88. The minimum atomic E-state index is 0.588. The van der Waals surface area contributed by atoms with Crippen LogP contribution in [0.1, 0.15) is 24.1 Å². The topological polar surface area (TPSA) is 29.9 Å². The van der Waals surface area contributed by atoms with Gasteiger partial charge in [0.1, 0.15) is 0 Å². The summed E-state index contributed by atoms with van der Waals surface area (Å²) in [4.78, 5) is 0. The van der Waals surface area contributed by atoms with Crippen molar-refractivity contribution in [1.82, 2.24) is 15.1 Å². The van der Waals surface area contributed by atoms with Crippen LogP contribution in [0.4, 0.5) is 0 Å². The van der Waals surface area contributed by atoms with Crippen LogP contribution in [0.2, 0.25) is 0 Å². The third kappa shape index (κ3) is 2.71. The Morgan fingerprint density at radius 2 is 2.05 bits per heavy atom. The summed E-state index contributed by atoms with van der Waals surface area (Å²) in [6.45, 7) is 6.34. The number of aromatic nitrogens is 2. The number of nitrogens with one attached hydrogen (secondary N) is 1. The molecule has 100 valence electrons. The minimum Gasteiger partial charge on any atom is -0.312 e. The second-order valence-corrected chi connectivity index (χ2v) is 5.51. The number of aryl methyl sites for hydroxylation is 2. The first-order valence-corrected chi connectivity index (χ1v) is 7.07. The highest BCUT2D eigenvalue weighted by Crippen LogP contribution is 2.23. The maximum absolute atomic E-state index is 4.65. The lowest BCUT2D eigenvalue weighted by atomic mass is 10.1. The van der Waals surface area contributed by atoms with Gasteiger partial charge >= 0.3 is 0 Å². The second kappa shape index (κ2) is 5.17. The largest absolute Gasteiger partial charge is 0.312 e. The van der Waals surface area contributed by atoms with E-state index < -0.39 is 0 Å². The maximum Gasteiger partial charge on any atom is 0.0672 e. The molecule has 0 aliphatic carbocycles. The summed E-state index contributed by atoms with van der Waals surface area (Å²) >= 11 is 0. The van der Waals surface area contributed by atoms with Crippen molar-refractivity contribution >= 4 is 0 Å². The first kappa shape index (κ1) is 12.4. The van der Waals surface area contributed by atoms with E-state index in [1.807, 2.05) is 0 Å². The quantitative estimate of drug-likeness (QED) is 0.914. The number of rotatable bonds is 3. The smallest absolute Gasteiger partial charge is 0.0672 e. The zero-order valence-electron chi connectivity index (χ0n) is 11.7. The monoisotopic (exact) mass is 255 g/mol. The molecule has 0 saturated carbocycles. The molecule has 3 nitrogen and oxygen atoms in total. The van der Waals surface area contributed by atoms with Crippen molar-refractivity contribution in [2.75, 3.05) is 6.54 Å². The van der Waals surface area contributed by atoms with Gasteiger partial charge in [-0.25, -0.2) is 0 Å². The van der Waals surface area contributed by atoms with Crippen molar-refractivity contribution in [3.63, 3.8) is 0 Å². The highest BCUT2D eigenvalue weighted by Gasteiger charge is 2.16. The summed E-state index contributed by atoms with van der Waals surface area (Å²) in [6, 6.07) is 9.26. The molecule has 3 heteroatoms. The van der Waals surface area contributed by atoms with Crippen molar-refractivity contribution in [2.45, 2.75) is 39.3 Å². The number of benzene rings is 1. The molecule has 2 heterocycles. The van der Waals surface area contributed by atoms with E-state index in [4.69, 9.17) is 0 Å². The van der Waals surface area contributed by atoms with Gasteiger partial charge in [0.15, 0.2) is 0 Å². The zero-order valence-corrected chi connectivity index (χ0v) is 11.7. The normalized spacial score (nSPS) is 18.9. The first-order valence-electron chi connectivity index (χ1n) is 7.07. The molecule has 1 aliphatic heterocycles. The number of nitrogens with zero attached hydrogens (tertiary/aromatic N) is 2. The van der Waals surface area contributed by atoms with Gasteiger partial charge < -0.3 is 5.32 Å². The van der Waals surface area contributed by atoms with Gasteiger partial charge in [0.25, 0.3) is 0 Å². The molecule has 0 amide bonds. The Morgan fingerprint density at radius 3 is 2.74 bits per heavy atom. The lowest BCUT2D eigenvalue weighted by Gasteiger charge is -2.09. The molecule has 0 radical (unpaired) electrons. The molecular weight excluding hydrogens is 234 g/mol. The van der Waals surface area contributed by atoms with E-state index in [1.165, 1.54) is 29.5 Å². The second-order valence-electron chi connectivity index (χ2n) is 5.51. The summed E-state index contributed by atoms with van der Waals surface area (Å²) < 4.78 is 2.09. The Morgan fingerprint density at radius 1 is 1.26 bits per heavy atom. The van der Waals surface area contributed by atoms with Crippen molar-refractivity contribution in [2.24, 2.45) is 0 Å². The Hall–Kier alpha value is -1.61. The van der Waals surface area contributed by atoms with E-state index in [-0.39, 0.29) is 0 Å². The van der Waals surface area contributed by atoms with Crippen molar-refractivity contribution in [1.29, 1.82) is 0 Å². The van der Waals surface area contributed by atoms with E-state index in [0.29, 0.717) is 6.04 Å². The Kier molecular flexibility index (Phi) is 3.38. The van der Waals surface area contributed by atoms with Gasteiger partial charge in [-0.15, -0.1) is 0 Å². The van der Waals surface area contributed by atoms with Crippen LogP contribution in [0.5, 0.6) is 0 Å². The minimum absolute atomic E-state index is 0.588. The van der Waals surface area contributed by atoms with Crippen LogP contribution >= 0.6 is 0 Å². The van der Waals surface area contributed by atoms with Gasteiger partial charge in [0.05, 0.1) is 12.2 Å². The van der Waals surface area contributed by atoms with Gasteiger partial charge in [-0.1, -0.05) is 29.8 Å². The average Bonchev–Trinajstić information content (AvgIpc) is 3.01. The van der Waals surface area contributed by atoms with E-state index >= 15 is 0 Å². The molecule has 1 aliphatic rings. The standard InChI is InChI=1S/C16H21N3/c1-12-5-7-14(8-6-12)16-11-19(18-13(16)2)10-15-4-3-9-17-15/h5-8,11,15,17H,3-4,9-10H2,1-2H3. The van der Waals surface area contributed by atoms with Crippen molar-refractivity contribution in [3.05, 3.63) is 41.7 Å². The van der Waals surface area contributed by atoms with Crippen LogP contribution in [0.25, 0.3) is 11.1 Å². The highest BCUT2D eigenvalue weighted by atomic mass is 15.3. The third-order valence-corrected chi connectivity index (χ3v) is 3.88. The number of hydrogen-bond donors (Lipinski definition) is 1. The highest BCUT2D eigenvalue weighted by molar-refractivity contribution is 5.65. The van der Waals surface area contributed by atoms with E-state index in [9.17, 15) is 0 Å². The van der Waals surface area contributed by atoms with E-state index in [0.717, 1.165) is 18.8 Å². The molecule has 1 aromatic carbocycles. The van der Waals surface area contributed by atoms with Crippen LogP contribution in [0, 0.1) is 13.8 Å². The molecule has 0 bridgehead atoms. The molecule has 1 unspecified atom stereocenters. The molecule has 1 fully saturated rings. The fourth-order valence-corrected chi connectivity index (χ4v) is 2.77. The lowest BCUT2D eigenvalue weighted by molar-refractivity contribution is 0.474. The fourth-order valence-electron chi connectivity index (χ4n) is 2.77. The Balaban J connectivity index is 1.82. The molecule has 1 N–H and O–H groups in total. The van der Waals surface area contributed by atoms with Gasteiger partial charge in [-0.3, -0.25) is 4.68 Å². The van der Waals surface area contributed by atoms with Crippen LogP contribution < -0.4 is 5.32 Å².